The van der Waals surface area contributed by atoms with Gasteiger partial charge in [0.15, 0.2) is 0 Å². The van der Waals surface area contributed by atoms with Gasteiger partial charge < -0.3 is 10.5 Å². The van der Waals surface area contributed by atoms with Gasteiger partial charge in [-0.1, -0.05) is 12.1 Å². The molecule has 20 heavy (non-hydrogen) atoms. The molecule has 1 aromatic carbocycles. The molecule has 0 unspecified atom stereocenters. The molecule has 1 aliphatic heterocycles. The Kier molecular flexibility index (Phi) is 4.42. The van der Waals surface area contributed by atoms with E-state index in [0.717, 1.165) is 0 Å². The van der Waals surface area contributed by atoms with E-state index in [4.69, 9.17) is 5.73 Å². The number of nitrogens with zero attached hydrogens (tertiary/aromatic N) is 1. The zero-order chi connectivity index (χ0) is 14.8. The molecule has 1 saturated heterocycles. The summed E-state index contributed by atoms with van der Waals surface area (Å²) in [4.78, 5) is 11.3. The Hall–Kier alpha value is -1.44. The molecule has 1 fully saturated rings. The van der Waals surface area contributed by atoms with E-state index in [1.165, 1.54) is 11.4 Å². The molecule has 0 saturated carbocycles. The SMILES string of the molecule is COC(=O)c1ccc(CS(=O)(=O)N2CC[C@@H](N)C2)cc1. The number of hydrogen-bond donors (Lipinski definition) is 1. The fourth-order valence-corrected chi connectivity index (χ4v) is 3.76. The average molecular weight is 298 g/mol. The van der Waals surface area contributed by atoms with Crippen molar-refractivity contribution < 1.29 is 17.9 Å². The van der Waals surface area contributed by atoms with Crippen LogP contribution in [0.3, 0.4) is 0 Å². The highest BCUT2D eigenvalue weighted by Crippen LogP contribution is 2.17. The first-order valence-electron chi connectivity index (χ1n) is 6.33. The second-order valence-electron chi connectivity index (χ2n) is 4.85. The number of methoxy groups -OCH3 is 1. The Morgan fingerprint density at radius 3 is 2.55 bits per heavy atom. The van der Waals surface area contributed by atoms with Crippen molar-refractivity contribution in [2.24, 2.45) is 5.73 Å². The minimum Gasteiger partial charge on any atom is -0.465 e. The third kappa shape index (κ3) is 3.36. The molecule has 2 N–H and O–H groups in total. The fourth-order valence-electron chi connectivity index (χ4n) is 2.16. The monoisotopic (exact) mass is 298 g/mol. The van der Waals surface area contributed by atoms with Crippen molar-refractivity contribution in [1.29, 1.82) is 0 Å². The lowest BCUT2D eigenvalue weighted by molar-refractivity contribution is 0.0600. The van der Waals surface area contributed by atoms with Crippen LogP contribution in [0.15, 0.2) is 24.3 Å². The molecule has 0 aliphatic carbocycles. The van der Waals surface area contributed by atoms with E-state index < -0.39 is 16.0 Å². The highest BCUT2D eigenvalue weighted by atomic mass is 32.2. The lowest BCUT2D eigenvalue weighted by Gasteiger charge is -2.15. The Morgan fingerprint density at radius 2 is 2.05 bits per heavy atom. The molecule has 1 aliphatic rings. The maximum absolute atomic E-state index is 12.2. The number of carbonyl (C=O) groups is 1. The molecule has 110 valence electrons. The lowest BCUT2D eigenvalue weighted by atomic mass is 10.1. The van der Waals surface area contributed by atoms with Gasteiger partial charge >= 0.3 is 5.97 Å². The Morgan fingerprint density at radius 1 is 1.40 bits per heavy atom. The highest BCUT2D eigenvalue weighted by molar-refractivity contribution is 7.88. The molecular formula is C13H18N2O4S. The van der Waals surface area contributed by atoms with Gasteiger partial charge in [-0.2, -0.15) is 0 Å². The molecule has 0 aromatic heterocycles. The number of rotatable bonds is 4. The van der Waals surface area contributed by atoms with Gasteiger partial charge in [-0.15, -0.1) is 0 Å². The van der Waals surface area contributed by atoms with Crippen LogP contribution in [0.2, 0.25) is 0 Å². The zero-order valence-corrected chi connectivity index (χ0v) is 12.1. The number of ether oxygens (including phenoxy) is 1. The largest absolute Gasteiger partial charge is 0.465 e. The first kappa shape index (κ1) is 15.0. The van der Waals surface area contributed by atoms with Crippen molar-refractivity contribution in [3.8, 4) is 0 Å². The van der Waals surface area contributed by atoms with E-state index in [2.05, 4.69) is 4.74 Å². The number of esters is 1. The van der Waals surface area contributed by atoms with Crippen molar-refractivity contribution in [1.82, 2.24) is 4.31 Å². The van der Waals surface area contributed by atoms with Crippen LogP contribution in [0.4, 0.5) is 0 Å². The van der Waals surface area contributed by atoms with Crippen LogP contribution in [0.5, 0.6) is 0 Å². The Labute approximate surface area is 118 Å². The molecule has 0 amide bonds. The first-order valence-corrected chi connectivity index (χ1v) is 7.94. The minimum atomic E-state index is -3.35. The van der Waals surface area contributed by atoms with Crippen molar-refractivity contribution in [3.05, 3.63) is 35.4 Å². The quantitative estimate of drug-likeness (QED) is 0.809. The Bertz CT molecular complexity index is 583. The fraction of sp³-hybridized carbons (Fsp3) is 0.462. The molecule has 0 radical (unpaired) electrons. The predicted molar refractivity (Wildman–Crippen MR) is 74.6 cm³/mol. The van der Waals surface area contributed by atoms with E-state index in [-0.39, 0.29) is 11.8 Å². The summed E-state index contributed by atoms with van der Waals surface area (Å²) in [6.45, 7) is 0.853. The molecule has 1 aromatic rings. The number of nitrogens with two attached hydrogens (primary N) is 1. The standard InChI is InChI=1S/C13H18N2O4S/c1-19-13(16)11-4-2-10(3-5-11)9-20(17,18)15-7-6-12(14)8-15/h2-5,12H,6-9,14H2,1H3/t12-/m1/s1. The second kappa shape index (κ2) is 5.90. The molecule has 7 heteroatoms. The molecule has 0 spiro atoms. The van der Waals surface area contributed by atoms with Crippen molar-refractivity contribution in [3.63, 3.8) is 0 Å². The minimum absolute atomic E-state index is 0.0773. The molecule has 1 heterocycles. The summed E-state index contributed by atoms with van der Waals surface area (Å²) in [5.74, 6) is -0.522. The smallest absolute Gasteiger partial charge is 0.337 e. The normalized spacial score (nSPS) is 20.0. The van der Waals surface area contributed by atoms with Crippen molar-refractivity contribution in [2.45, 2.75) is 18.2 Å². The van der Waals surface area contributed by atoms with Gasteiger partial charge in [0.2, 0.25) is 10.0 Å². The summed E-state index contributed by atoms with van der Waals surface area (Å²) < 4.78 is 30.4. The van der Waals surface area contributed by atoms with Gasteiger partial charge in [0.25, 0.3) is 0 Å². The van der Waals surface area contributed by atoms with E-state index in [0.29, 0.717) is 30.6 Å². The van der Waals surface area contributed by atoms with Crippen LogP contribution in [-0.2, 0) is 20.5 Å². The van der Waals surface area contributed by atoms with E-state index >= 15 is 0 Å². The summed E-state index contributed by atoms with van der Waals surface area (Å²) in [6, 6.07) is 6.30. The third-order valence-electron chi connectivity index (χ3n) is 3.30. The highest BCUT2D eigenvalue weighted by Gasteiger charge is 2.29. The van der Waals surface area contributed by atoms with Gasteiger partial charge in [0.05, 0.1) is 18.4 Å². The van der Waals surface area contributed by atoms with Gasteiger partial charge in [-0.25, -0.2) is 17.5 Å². The molecule has 0 bridgehead atoms. The number of sulfonamides is 1. The summed E-state index contributed by atoms with van der Waals surface area (Å²) in [5, 5.41) is 0. The van der Waals surface area contributed by atoms with E-state index in [1.54, 1.807) is 24.3 Å². The summed E-state index contributed by atoms with van der Waals surface area (Å²) in [7, 11) is -2.04. The zero-order valence-electron chi connectivity index (χ0n) is 11.3. The third-order valence-corrected chi connectivity index (χ3v) is 5.12. The van der Waals surface area contributed by atoms with Crippen LogP contribution < -0.4 is 5.73 Å². The summed E-state index contributed by atoms with van der Waals surface area (Å²) in [5.41, 5.74) is 6.76. The van der Waals surface area contributed by atoms with Gasteiger partial charge in [-0.05, 0) is 24.1 Å². The predicted octanol–water partition coefficient (Wildman–Crippen LogP) is 0.336. The maximum Gasteiger partial charge on any atom is 0.337 e. The Balaban J connectivity index is 2.08. The maximum atomic E-state index is 12.2. The summed E-state index contributed by atoms with van der Waals surface area (Å²) >= 11 is 0. The number of carbonyl (C=O) groups excluding carboxylic acids is 1. The van der Waals surface area contributed by atoms with Crippen molar-refractivity contribution in [2.75, 3.05) is 20.2 Å². The lowest BCUT2D eigenvalue weighted by Crippen LogP contribution is -2.32. The van der Waals surface area contributed by atoms with Gasteiger partial charge in [-0.3, -0.25) is 0 Å². The molecule has 1 atom stereocenters. The van der Waals surface area contributed by atoms with Crippen LogP contribution in [0.1, 0.15) is 22.3 Å². The second-order valence-corrected chi connectivity index (χ2v) is 6.82. The van der Waals surface area contributed by atoms with Crippen LogP contribution >= 0.6 is 0 Å². The van der Waals surface area contributed by atoms with Crippen molar-refractivity contribution >= 4 is 16.0 Å². The number of benzene rings is 1. The topological polar surface area (TPSA) is 89.7 Å². The van der Waals surface area contributed by atoms with Crippen LogP contribution in [0.25, 0.3) is 0 Å². The van der Waals surface area contributed by atoms with Gasteiger partial charge in [0, 0.05) is 19.1 Å². The first-order chi connectivity index (χ1) is 9.42. The van der Waals surface area contributed by atoms with E-state index in [1.807, 2.05) is 0 Å². The van der Waals surface area contributed by atoms with Crippen LogP contribution in [0, 0.1) is 0 Å². The van der Waals surface area contributed by atoms with Crippen LogP contribution in [-0.4, -0.2) is 44.9 Å². The number of hydrogen-bond acceptors (Lipinski definition) is 5. The van der Waals surface area contributed by atoms with E-state index in [9.17, 15) is 13.2 Å². The van der Waals surface area contributed by atoms with Gasteiger partial charge in [0.1, 0.15) is 0 Å². The molecule has 2 rings (SSSR count). The summed E-state index contributed by atoms with van der Waals surface area (Å²) in [6.07, 6.45) is 0.695. The average Bonchev–Trinajstić information content (AvgIpc) is 2.86. The molecular weight excluding hydrogens is 280 g/mol. The molecule has 6 nitrogen and oxygen atoms in total.